The Kier molecular flexibility index (Phi) is 3.35. The molecule has 1 fully saturated rings. The Bertz CT molecular complexity index is 212. The molecule has 0 aromatic heterocycles. The second-order valence-corrected chi connectivity index (χ2v) is 3.85. The van der Waals surface area contributed by atoms with E-state index >= 15 is 0 Å². The van der Waals surface area contributed by atoms with Crippen molar-refractivity contribution in [3.63, 3.8) is 0 Å². The van der Waals surface area contributed by atoms with Gasteiger partial charge in [-0.05, 0) is 36.5 Å². The lowest BCUT2D eigenvalue weighted by atomic mass is 9.86. The van der Waals surface area contributed by atoms with E-state index in [1.165, 1.54) is 12.8 Å². The average molecular weight is 178 g/mol. The molecule has 13 heavy (non-hydrogen) atoms. The molecule has 4 unspecified atom stereocenters. The van der Waals surface area contributed by atoms with Gasteiger partial charge in [0.1, 0.15) is 0 Å². The lowest BCUT2D eigenvalue weighted by molar-refractivity contribution is 0.398. The Hall–Kier alpha value is -0.520. The van der Waals surface area contributed by atoms with E-state index in [1.54, 1.807) is 0 Å². The minimum atomic E-state index is 0. The highest BCUT2D eigenvalue weighted by Gasteiger charge is 2.44. The predicted molar refractivity (Wildman–Crippen MR) is 59.6 cm³/mol. The maximum Gasteiger partial charge on any atom is -0.0133 e. The fraction of sp³-hybridized carbons (Fsp3) is 0.692. The molecule has 1 saturated carbocycles. The van der Waals surface area contributed by atoms with Crippen LogP contribution in [0.15, 0.2) is 24.3 Å². The van der Waals surface area contributed by atoms with Crippen LogP contribution in [0.5, 0.6) is 0 Å². The lowest BCUT2D eigenvalue weighted by Crippen LogP contribution is -2.12. The van der Waals surface area contributed by atoms with Crippen LogP contribution in [-0.2, 0) is 0 Å². The molecule has 0 aliphatic heterocycles. The van der Waals surface area contributed by atoms with Crippen LogP contribution in [0.3, 0.4) is 0 Å². The minimum absolute atomic E-state index is 0. The van der Waals surface area contributed by atoms with E-state index in [0.717, 1.165) is 23.7 Å². The van der Waals surface area contributed by atoms with Gasteiger partial charge >= 0.3 is 0 Å². The molecule has 74 valence electrons. The van der Waals surface area contributed by atoms with Gasteiger partial charge in [0.2, 0.25) is 0 Å². The molecule has 0 radical (unpaired) electrons. The quantitative estimate of drug-likeness (QED) is 0.491. The van der Waals surface area contributed by atoms with Crippen molar-refractivity contribution in [1.29, 1.82) is 0 Å². The van der Waals surface area contributed by atoms with Gasteiger partial charge in [0.05, 0.1) is 0 Å². The molecule has 3 rings (SSSR count). The van der Waals surface area contributed by atoms with E-state index < -0.39 is 0 Å². The molecule has 0 amide bonds. The molecule has 3 aliphatic rings. The minimum Gasteiger partial charge on any atom is -0.0879 e. The Morgan fingerprint density at radius 3 is 2.38 bits per heavy atom. The highest BCUT2D eigenvalue weighted by Crippen LogP contribution is 2.52. The zero-order chi connectivity index (χ0) is 8.55. The summed E-state index contributed by atoms with van der Waals surface area (Å²) in [6.07, 6.45) is 12.5. The van der Waals surface area contributed by atoms with Crippen molar-refractivity contribution >= 4 is 0 Å². The lowest BCUT2D eigenvalue weighted by Gasteiger charge is -2.18. The van der Waals surface area contributed by atoms with Crippen molar-refractivity contribution in [2.45, 2.75) is 34.1 Å². The molecule has 2 bridgehead atoms. The summed E-state index contributed by atoms with van der Waals surface area (Å²) in [6.45, 7) is 4.00. The van der Waals surface area contributed by atoms with Crippen LogP contribution in [0, 0.1) is 23.7 Å². The first-order valence-corrected chi connectivity index (χ1v) is 5.30. The monoisotopic (exact) mass is 178 g/mol. The summed E-state index contributed by atoms with van der Waals surface area (Å²) in [5.41, 5.74) is 0. The highest BCUT2D eigenvalue weighted by molar-refractivity contribution is 5.21. The third kappa shape index (κ3) is 1.47. The van der Waals surface area contributed by atoms with Crippen molar-refractivity contribution in [2.24, 2.45) is 23.7 Å². The molecule has 0 heterocycles. The third-order valence-electron chi connectivity index (χ3n) is 3.46. The SMILES string of the molecule is C.C1=CC2C3C=CC(C3)C2C1.CC. The number of fused-ring (bicyclic) bond motifs is 5. The Balaban J connectivity index is 0.000000266. The molecule has 0 heteroatoms. The third-order valence-corrected chi connectivity index (χ3v) is 3.46. The number of hydrogen-bond donors (Lipinski definition) is 0. The van der Waals surface area contributed by atoms with Crippen LogP contribution in [0.2, 0.25) is 0 Å². The van der Waals surface area contributed by atoms with Gasteiger partial charge in [0, 0.05) is 0 Å². The smallest absolute Gasteiger partial charge is 0.0133 e. The van der Waals surface area contributed by atoms with Crippen LogP contribution >= 0.6 is 0 Å². The Morgan fingerprint density at radius 2 is 1.69 bits per heavy atom. The van der Waals surface area contributed by atoms with Crippen molar-refractivity contribution < 1.29 is 0 Å². The summed E-state index contributed by atoms with van der Waals surface area (Å²) in [4.78, 5) is 0. The number of allylic oxidation sites excluding steroid dienone is 4. The first kappa shape index (κ1) is 10.6. The fourth-order valence-corrected chi connectivity index (χ4v) is 2.97. The van der Waals surface area contributed by atoms with Crippen LogP contribution in [-0.4, -0.2) is 0 Å². The van der Waals surface area contributed by atoms with Crippen LogP contribution in [0.1, 0.15) is 34.1 Å². The first-order chi connectivity index (χ1) is 5.95. The normalized spacial score (nSPS) is 42.3. The number of rotatable bonds is 0. The average Bonchev–Trinajstić information content (AvgIpc) is 2.81. The molecule has 0 saturated heterocycles. The van der Waals surface area contributed by atoms with E-state index in [0.29, 0.717) is 0 Å². The highest BCUT2D eigenvalue weighted by atomic mass is 14.5. The summed E-state index contributed by atoms with van der Waals surface area (Å²) in [5, 5.41) is 0. The van der Waals surface area contributed by atoms with E-state index in [9.17, 15) is 0 Å². The van der Waals surface area contributed by atoms with Crippen LogP contribution in [0.4, 0.5) is 0 Å². The molecule has 0 spiro atoms. The predicted octanol–water partition coefficient (Wildman–Crippen LogP) is 4.05. The molecule has 3 aliphatic carbocycles. The van der Waals surface area contributed by atoms with E-state index in [-0.39, 0.29) is 7.43 Å². The maximum absolute atomic E-state index is 2.44. The van der Waals surface area contributed by atoms with Crippen molar-refractivity contribution in [3.05, 3.63) is 24.3 Å². The molecular formula is C13H22. The van der Waals surface area contributed by atoms with E-state index in [1.807, 2.05) is 13.8 Å². The summed E-state index contributed by atoms with van der Waals surface area (Å²) in [5.74, 6) is 3.82. The molecule has 0 aromatic carbocycles. The van der Waals surface area contributed by atoms with Crippen molar-refractivity contribution in [3.8, 4) is 0 Å². The summed E-state index contributed by atoms with van der Waals surface area (Å²) >= 11 is 0. The molecule has 0 aromatic rings. The van der Waals surface area contributed by atoms with Gasteiger partial charge in [0.15, 0.2) is 0 Å². The van der Waals surface area contributed by atoms with Crippen LogP contribution in [0.25, 0.3) is 0 Å². The second kappa shape index (κ2) is 4.13. The molecule has 0 N–H and O–H groups in total. The topological polar surface area (TPSA) is 0 Å². The first-order valence-electron chi connectivity index (χ1n) is 5.30. The van der Waals surface area contributed by atoms with Gasteiger partial charge in [-0.2, -0.15) is 0 Å². The van der Waals surface area contributed by atoms with Gasteiger partial charge in [-0.1, -0.05) is 45.6 Å². The van der Waals surface area contributed by atoms with Gasteiger partial charge in [0.25, 0.3) is 0 Å². The Labute approximate surface area is 82.7 Å². The standard InChI is InChI=1S/C10H12.C2H6.CH4/c1-2-9-7-4-5-8(6-7)10(9)3-1;1-2;/h1-2,4-5,7-10H,3,6H2;1-2H3;1H4. The fourth-order valence-electron chi connectivity index (χ4n) is 2.97. The largest absolute Gasteiger partial charge is 0.0879 e. The summed E-state index contributed by atoms with van der Waals surface area (Å²) in [7, 11) is 0. The maximum atomic E-state index is 2.44. The van der Waals surface area contributed by atoms with E-state index in [4.69, 9.17) is 0 Å². The number of hydrogen-bond acceptors (Lipinski definition) is 0. The van der Waals surface area contributed by atoms with E-state index in [2.05, 4.69) is 24.3 Å². The Morgan fingerprint density at radius 1 is 1.00 bits per heavy atom. The summed E-state index contributed by atoms with van der Waals surface area (Å²) in [6, 6.07) is 0. The zero-order valence-electron chi connectivity index (χ0n) is 8.03. The van der Waals surface area contributed by atoms with Crippen molar-refractivity contribution in [1.82, 2.24) is 0 Å². The van der Waals surface area contributed by atoms with Crippen LogP contribution < -0.4 is 0 Å². The second-order valence-electron chi connectivity index (χ2n) is 3.85. The van der Waals surface area contributed by atoms with Gasteiger partial charge < -0.3 is 0 Å². The molecular weight excluding hydrogens is 156 g/mol. The summed E-state index contributed by atoms with van der Waals surface area (Å²) < 4.78 is 0. The van der Waals surface area contributed by atoms with Crippen molar-refractivity contribution in [2.75, 3.05) is 0 Å². The van der Waals surface area contributed by atoms with Gasteiger partial charge in [-0.15, -0.1) is 0 Å². The molecule has 4 atom stereocenters. The van der Waals surface area contributed by atoms with Gasteiger partial charge in [-0.3, -0.25) is 0 Å². The van der Waals surface area contributed by atoms with Gasteiger partial charge in [-0.25, -0.2) is 0 Å². The zero-order valence-corrected chi connectivity index (χ0v) is 8.03. The molecule has 0 nitrogen and oxygen atoms in total.